The zero-order valence-electron chi connectivity index (χ0n) is 10.7. The Morgan fingerprint density at radius 2 is 2.16 bits per heavy atom. The van der Waals surface area contributed by atoms with Gasteiger partial charge in [-0.3, -0.25) is 4.68 Å². The standard InChI is InChI=1S/C14H15BrN2O2/c1-19-14(18)13-11-8-9(15)6-7-12(11)17(16-13)10-4-2-3-5-10/h6-8,10H,2-5H2,1H3. The Kier molecular flexibility index (Phi) is 3.31. The quantitative estimate of drug-likeness (QED) is 0.792. The van der Waals surface area contributed by atoms with E-state index in [0.29, 0.717) is 11.7 Å². The average molecular weight is 323 g/mol. The lowest BCUT2D eigenvalue weighted by Crippen LogP contribution is -2.09. The molecule has 0 spiro atoms. The number of esters is 1. The van der Waals surface area contributed by atoms with Crippen molar-refractivity contribution in [3.63, 3.8) is 0 Å². The first-order valence-corrected chi connectivity index (χ1v) is 7.26. The molecule has 2 aromatic rings. The number of carbonyl (C=O) groups is 1. The lowest BCUT2D eigenvalue weighted by atomic mass is 10.2. The number of fused-ring (bicyclic) bond motifs is 1. The molecular formula is C14H15BrN2O2. The van der Waals surface area contributed by atoms with Crippen LogP contribution in [0.2, 0.25) is 0 Å². The number of halogens is 1. The number of carbonyl (C=O) groups excluding carboxylic acids is 1. The van der Waals surface area contributed by atoms with Crippen LogP contribution in [0.4, 0.5) is 0 Å². The molecule has 0 saturated heterocycles. The summed E-state index contributed by atoms with van der Waals surface area (Å²) in [6, 6.07) is 6.33. The Morgan fingerprint density at radius 3 is 2.84 bits per heavy atom. The second kappa shape index (κ2) is 4.96. The molecule has 0 amide bonds. The number of hydrogen-bond acceptors (Lipinski definition) is 3. The molecule has 0 N–H and O–H groups in total. The number of methoxy groups -OCH3 is 1. The molecule has 0 unspecified atom stereocenters. The number of hydrogen-bond donors (Lipinski definition) is 0. The van der Waals surface area contributed by atoms with E-state index in [9.17, 15) is 4.79 Å². The van der Waals surface area contributed by atoms with Crippen LogP contribution in [0.15, 0.2) is 22.7 Å². The molecule has 1 aliphatic rings. The molecule has 3 rings (SSSR count). The predicted molar refractivity (Wildman–Crippen MR) is 76.3 cm³/mol. The average Bonchev–Trinajstić information content (AvgIpc) is 3.03. The van der Waals surface area contributed by atoms with Gasteiger partial charge in [-0.05, 0) is 31.0 Å². The van der Waals surface area contributed by atoms with Crippen molar-refractivity contribution < 1.29 is 9.53 Å². The Morgan fingerprint density at radius 1 is 1.42 bits per heavy atom. The summed E-state index contributed by atoms with van der Waals surface area (Å²) in [6.07, 6.45) is 4.73. The second-order valence-electron chi connectivity index (χ2n) is 4.88. The van der Waals surface area contributed by atoms with E-state index in [4.69, 9.17) is 4.74 Å². The molecule has 4 nitrogen and oxygen atoms in total. The van der Waals surface area contributed by atoms with E-state index < -0.39 is 0 Å². The monoisotopic (exact) mass is 322 g/mol. The zero-order valence-corrected chi connectivity index (χ0v) is 12.3. The van der Waals surface area contributed by atoms with Crippen molar-refractivity contribution >= 4 is 32.8 Å². The van der Waals surface area contributed by atoms with Crippen molar-refractivity contribution in [2.24, 2.45) is 0 Å². The molecule has 1 aliphatic carbocycles. The summed E-state index contributed by atoms with van der Waals surface area (Å²) >= 11 is 3.44. The van der Waals surface area contributed by atoms with Crippen molar-refractivity contribution in [1.82, 2.24) is 9.78 Å². The van der Waals surface area contributed by atoms with Crippen molar-refractivity contribution in [3.8, 4) is 0 Å². The van der Waals surface area contributed by atoms with Crippen LogP contribution in [0.1, 0.15) is 42.2 Å². The van der Waals surface area contributed by atoms with Crippen LogP contribution in [0.5, 0.6) is 0 Å². The fraction of sp³-hybridized carbons (Fsp3) is 0.429. The molecule has 1 saturated carbocycles. The molecule has 19 heavy (non-hydrogen) atoms. The third kappa shape index (κ3) is 2.16. The van der Waals surface area contributed by atoms with Crippen molar-refractivity contribution in [2.45, 2.75) is 31.7 Å². The van der Waals surface area contributed by atoms with Crippen LogP contribution in [-0.2, 0) is 4.74 Å². The van der Waals surface area contributed by atoms with Gasteiger partial charge >= 0.3 is 5.97 Å². The van der Waals surface area contributed by atoms with Crippen molar-refractivity contribution in [1.29, 1.82) is 0 Å². The molecule has 100 valence electrons. The topological polar surface area (TPSA) is 44.1 Å². The predicted octanol–water partition coefficient (Wildman–Crippen LogP) is 3.70. The zero-order chi connectivity index (χ0) is 13.4. The summed E-state index contributed by atoms with van der Waals surface area (Å²) in [4.78, 5) is 11.9. The molecule has 0 atom stereocenters. The molecule has 0 aliphatic heterocycles. The first kappa shape index (κ1) is 12.7. The van der Waals surface area contributed by atoms with Crippen molar-refractivity contribution in [2.75, 3.05) is 7.11 Å². The summed E-state index contributed by atoms with van der Waals surface area (Å²) in [5, 5.41) is 5.36. The number of ether oxygens (including phenoxy) is 1. The molecule has 1 heterocycles. The van der Waals surface area contributed by atoms with Gasteiger partial charge in [0.15, 0.2) is 5.69 Å². The maximum Gasteiger partial charge on any atom is 0.359 e. The van der Waals surface area contributed by atoms with Crippen LogP contribution in [-0.4, -0.2) is 22.9 Å². The van der Waals surface area contributed by atoms with Gasteiger partial charge in [0.1, 0.15) is 0 Å². The molecular weight excluding hydrogens is 308 g/mol. The van der Waals surface area contributed by atoms with E-state index in [0.717, 1.165) is 28.2 Å². The van der Waals surface area contributed by atoms with Gasteiger partial charge in [-0.1, -0.05) is 28.8 Å². The first-order valence-electron chi connectivity index (χ1n) is 6.47. The molecule has 0 bridgehead atoms. The number of aromatic nitrogens is 2. The third-order valence-corrected chi connectivity index (χ3v) is 4.21. The van der Waals surface area contributed by atoms with E-state index >= 15 is 0 Å². The first-order chi connectivity index (χ1) is 9.20. The van der Waals surface area contributed by atoms with Gasteiger partial charge in [0.2, 0.25) is 0 Å². The van der Waals surface area contributed by atoms with E-state index in [-0.39, 0.29) is 5.97 Å². The van der Waals surface area contributed by atoms with Crippen LogP contribution in [0.25, 0.3) is 10.9 Å². The minimum absolute atomic E-state index is 0.375. The smallest absolute Gasteiger partial charge is 0.359 e. The minimum atomic E-state index is -0.375. The Bertz CT molecular complexity index is 630. The summed E-state index contributed by atoms with van der Waals surface area (Å²) in [7, 11) is 1.39. The lowest BCUT2D eigenvalue weighted by Gasteiger charge is -2.10. The summed E-state index contributed by atoms with van der Waals surface area (Å²) < 4.78 is 7.77. The van der Waals surface area contributed by atoms with Gasteiger partial charge in [-0.15, -0.1) is 0 Å². The molecule has 1 aromatic carbocycles. The molecule has 5 heteroatoms. The SMILES string of the molecule is COC(=O)c1nn(C2CCCC2)c2ccc(Br)cc12. The number of benzene rings is 1. The third-order valence-electron chi connectivity index (χ3n) is 3.72. The van der Waals surface area contributed by atoms with Gasteiger partial charge in [0.05, 0.1) is 18.7 Å². The molecule has 1 fully saturated rings. The highest BCUT2D eigenvalue weighted by atomic mass is 79.9. The highest BCUT2D eigenvalue weighted by molar-refractivity contribution is 9.10. The fourth-order valence-electron chi connectivity index (χ4n) is 2.79. The van der Waals surface area contributed by atoms with Gasteiger partial charge in [0, 0.05) is 9.86 Å². The normalized spacial score (nSPS) is 16.1. The van der Waals surface area contributed by atoms with Crippen LogP contribution < -0.4 is 0 Å². The highest BCUT2D eigenvalue weighted by Gasteiger charge is 2.24. The summed E-state index contributed by atoms with van der Waals surface area (Å²) in [6.45, 7) is 0. The maximum atomic E-state index is 11.9. The Balaban J connectivity index is 2.19. The van der Waals surface area contributed by atoms with E-state index in [1.807, 2.05) is 22.9 Å². The van der Waals surface area contributed by atoms with Gasteiger partial charge in [-0.2, -0.15) is 5.10 Å². The molecule has 0 radical (unpaired) electrons. The fourth-order valence-corrected chi connectivity index (χ4v) is 3.15. The summed E-state index contributed by atoms with van der Waals surface area (Å²) in [5.41, 5.74) is 1.42. The minimum Gasteiger partial charge on any atom is -0.464 e. The lowest BCUT2D eigenvalue weighted by molar-refractivity contribution is 0.0594. The van der Waals surface area contributed by atoms with E-state index in [1.54, 1.807) is 0 Å². The Labute approximate surface area is 119 Å². The Hall–Kier alpha value is -1.36. The van der Waals surface area contributed by atoms with E-state index in [2.05, 4.69) is 21.0 Å². The number of nitrogens with zero attached hydrogens (tertiary/aromatic N) is 2. The van der Waals surface area contributed by atoms with E-state index in [1.165, 1.54) is 20.0 Å². The highest BCUT2D eigenvalue weighted by Crippen LogP contribution is 2.33. The summed E-state index contributed by atoms with van der Waals surface area (Å²) in [5.74, 6) is -0.375. The second-order valence-corrected chi connectivity index (χ2v) is 5.80. The van der Waals surface area contributed by atoms with Crippen LogP contribution in [0, 0.1) is 0 Å². The van der Waals surface area contributed by atoms with Gasteiger partial charge in [-0.25, -0.2) is 4.79 Å². The van der Waals surface area contributed by atoms with Crippen molar-refractivity contribution in [3.05, 3.63) is 28.4 Å². The van der Waals surface area contributed by atoms with Crippen LogP contribution in [0.3, 0.4) is 0 Å². The van der Waals surface area contributed by atoms with Gasteiger partial charge in [0.25, 0.3) is 0 Å². The largest absolute Gasteiger partial charge is 0.464 e. The molecule has 1 aromatic heterocycles. The number of rotatable bonds is 2. The van der Waals surface area contributed by atoms with Gasteiger partial charge < -0.3 is 4.74 Å². The van der Waals surface area contributed by atoms with Crippen LogP contribution >= 0.6 is 15.9 Å². The maximum absolute atomic E-state index is 11.9.